The fourth-order valence-electron chi connectivity index (χ4n) is 3.06. The second-order valence-electron chi connectivity index (χ2n) is 7.62. The summed E-state index contributed by atoms with van der Waals surface area (Å²) in [4.78, 5) is 2.50. The van der Waals surface area contributed by atoms with Crippen LogP contribution in [0.1, 0.15) is 54.4 Å². The van der Waals surface area contributed by atoms with Gasteiger partial charge in [-0.15, -0.1) is 0 Å². The van der Waals surface area contributed by atoms with E-state index in [0.29, 0.717) is 12.6 Å². The van der Waals surface area contributed by atoms with Crippen molar-refractivity contribution in [2.24, 2.45) is 11.1 Å². The molecule has 2 atom stereocenters. The predicted molar refractivity (Wildman–Crippen MR) is 77.7 cm³/mol. The molecule has 1 rings (SSSR count). The zero-order chi connectivity index (χ0) is 14.2. The molecule has 0 aromatic rings. The van der Waals surface area contributed by atoms with Crippen molar-refractivity contribution in [3.63, 3.8) is 0 Å². The van der Waals surface area contributed by atoms with Gasteiger partial charge in [-0.1, -0.05) is 20.8 Å². The largest absolute Gasteiger partial charge is 0.375 e. The van der Waals surface area contributed by atoms with E-state index in [1.165, 1.54) is 0 Å². The van der Waals surface area contributed by atoms with E-state index in [9.17, 15) is 0 Å². The Hall–Kier alpha value is -0.120. The first kappa shape index (κ1) is 15.9. The molecule has 0 saturated carbocycles. The smallest absolute Gasteiger partial charge is 0.0644 e. The Morgan fingerprint density at radius 2 is 1.89 bits per heavy atom. The number of nitrogens with two attached hydrogens (primary N) is 1. The summed E-state index contributed by atoms with van der Waals surface area (Å²) >= 11 is 0. The van der Waals surface area contributed by atoms with Crippen molar-refractivity contribution in [1.29, 1.82) is 0 Å². The molecule has 2 N–H and O–H groups in total. The first-order valence-corrected chi connectivity index (χ1v) is 7.11. The fourth-order valence-corrected chi connectivity index (χ4v) is 3.06. The van der Waals surface area contributed by atoms with Gasteiger partial charge in [0.25, 0.3) is 0 Å². The monoisotopic (exact) mass is 256 g/mol. The van der Waals surface area contributed by atoms with Crippen LogP contribution >= 0.6 is 0 Å². The number of ether oxygens (including phenoxy) is 1. The zero-order valence-electron chi connectivity index (χ0n) is 13.3. The van der Waals surface area contributed by atoms with Gasteiger partial charge in [0.05, 0.1) is 5.60 Å². The Bertz CT molecular complexity index is 283. The molecule has 18 heavy (non-hydrogen) atoms. The van der Waals surface area contributed by atoms with Gasteiger partial charge in [0.2, 0.25) is 0 Å². The molecule has 1 aliphatic heterocycles. The minimum atomic E-state index is -0.0660. The van der Waals surface area contributed by atoms with Gasteiger partial charge in [-0.2, -0.15) is 0 Å². The van der Waals surface area contributed by atoms with E-state index in [1.807, 2.05) is 0 Å². The van der Waals surface area contributed by atoms with Crippen LogP contribution in [0.2, 0.25) is 0 Å². The maximum absolute atomic E-state index is 6.14. The van der Waals surface area contributed by atoms with E-state index in [1.54, 1.807) is 0 Å². The Morgan fingerprint density at radius 3 is 2.28 bits per heavy atom. The molecule has 1 saturated heterocycles. The highest BCUT2D eigenvalue weighted by molar-refractivity contribution is 5.01. The molecule has 0 aliphatic carbocycles. The molecule has 0 radical (unpaired) electrons. The highest BCUT2D eigenvalue weighted by atomic mass is 16.5. The topological polar surface area (TPSA) is 38.5 Å². The molecule has 0 spiro atoms. The van der Waals surface area contributed by atoms with Crippen LogP contribution in [0.4, 0.5) is 0 Å². The van der Waals surface area contributed by atoms with E-state index in [-0.39, 0.29) is 16.6 Å². The number of hydrogen-bond donors (Lipinski definition) is 1. The molecule has 1 heterocycles. The summed E-state index contributed by atoms with van der Waals surface area (Å²) in [6, 6.07) is 0.495. The first-order valence-electron chi connectivity index (χ1n) is 7.11. The average Bonchev–Trinajstić information content (AvgIpc) is 2.24. The Labute approximate surface area is 113 Å². The summed E-state index contributed by atoms with van der Waals surface area (Å²) in [5.74, 6) is 0. The van der Waals surface area contributed by atoms with Gasteiger partial charge in [0, 0.05) is 24.7 Å². The standard InChI is InChI=1S/C15H32N2O/c1-12(13(2,3)4)17(7)15(11-16)8-9-18-14(5,6)10-15/h12H,8-11,16H2,1-7H3. The van der Waals surface area contributed by atoms with E-state index in [2.05, 4.69) is 53.5 Å². The van der Waals surface area contributed by atoms with Gasteiger partial charge < -0.3 is 10.5 Å². The van der Waals surface area contributed by atoms with Gasteiger partial charge >= 0.3 is 0 Å². The minimum absolute atomic E-state index is 0.0660. The molecule has 1 fully saturated rings. The van der Waals surface area contributed by atoms with Crippen LogP contribution in [0.25, 0.3) is 0 Å². The second-order valence-corrected chi connectivity index (χ2v) is 7.62. The minimum Gasteiger partial charge on any atom is -0.375 e. The first-order chi connectivity index (χ1) is 8.04. The molecule has 0 aromatic heterocycles. The van der Waals surface area contributed by atoms with Crippen LogP contribution in [0.5, 0.6) is 0 Å². The lowest BCUT2D eigenvalue weighted by molar-refractivity contribution is -0.126. The van der Waals surface area contributed by atoms with E-state index in [0.717, 1.165) is 19.4 Å². The molecule has 1 aliphatic rings. The van der Waals surface area contributed by atoms with Crippen LogP contribution in [-0.2, 0) is 4.74 Å². The molecule has 108 valence electrons. The van der Waals surface area contributed by atoms with Crippen molar-refractivity contribution in [2.45, 2.75) is 71.6 Å². The maximum Gasteiger partial charge on any atom is 0.0644 e. The van der Waals surface area contributed by atoms with Crippen molar-refractivity contribution in [2.75, 3.05) is 20.2 Å². The predicted octanol–water partition coefficient (Wildman–Crippen LogP) is 2.64. The van der Waals surface area contributed by atoms with Crippen molar-refractivity contribution < 1.29 is 4.74 Å². The summed E-state index contributed by atoms with van der Waals surface area (Å²) in [5.41, 5.74) is 6.42. The third-order valence-corrected chi connectivity index (χ3v) is 4.78. The van der Waals surface area contributed by atoms with Gasteiger partial charge in [0.15, 0.2) is 0 Å². The molecule has 3 heteroatoms. The fraction of sp³-hybridized carbons (Fsp3) is 1.00. The van der Waals surface area contributed by atoms with Crippen LogP contribution in [0.3, 0.4) is 0 Å². The lowest BCUT2D eigenvalue weighted by Crippen LogP contribution is -2.63. The number of hydrogen-bond acceptors (Lipinski definition) is 3. The van der Waals surface area contributed by atoms with Crippen LogP contribution < -0.4 is 5.73 Å². The molecule has 0 bridgehead atoms. The molecular formula is C15H32N2O. The Morgan fingerprint density at radius 1 is 1.33 bits per heavy atom. The van der Waals surface area contributed by atoms with Crippen molar-refractivity contribution >= 4 is 0 Å². The Balaban J connectivity index is 2.94. The van der Waals surface area contributed by atoms with Crippen molar-refractivity contribution in [3.05, 3.63) is 0 Å². The number of rotatable bonds is 3. The lowest BCUT2D eigenvalue weighted by atomic mass is 9.76. The molecule has 0 amide bonds. The van der Waals surface area contributed by atoms with Gasteiger partial charge in [-0.05, 0) is 46.1 Å². The lowest BCUT2D eigenvalue weighted by Gasteiger charge is -2.53. The van der Waals surface area contributed by atoms with Crippen LogP contribution in [-0.4, -0.2) is 42.3 Å². The summed E-state index contributed by atoms with van der Waals surface area (Å²) < 4.78 is 5.86. The normalized spacial score (nSPS) is 30.5. The highest BCUT2D eigenvalue weighted by Gasteiger charge is 2.45. The van der Waals surface area contributed by atoms with Gasteiger partial charge in [-0.25, -0.2) is 0 Å². The van der Waals surface area contributed by atoms with Crippen LogP contribution in [0.15, 0.2) is 0 Å². The van der Waals surface area contributed by atoms with Crippen LogP contribution in [0, 0.1) is 5.41 Å². The summed E-state index contributed by atoms with van der Waals surface area (Å²) in [5, 5.41) is 0. The van der Waals surface area contributed by atoms with E-state index in [4.69, 9.17) is 10.5 Å². The number of likely N-dealkylation sites (N-methyl/N-ethyl adjacent to an activating group) is 1. The summed E-state index contributed by atoms with van der Waals surface area (Å²) in [6.07, 6.45) is 2.04. The van der Waals surface area contributed by atoms with Gasteiger partial charge in [0.1, 0.15) is 0 Å². The molecule has 3 nitrogen and oxygen atoms in total. The molecule has 2 unspecified atom stereocenters. The third-order valence-electron chi connectivity index (χ3n) is 4.78. The van der Waals surface area contributed by atoms with Crippen molar-refractivity contribution in [1.82, 2.24) is 4.90 Å². The zero-order valence-corrected chi connectivity index (χ0v) is 13.3. The SMILES string of the molecule is CC(N(C)C1(CN)CCOC(C)(C)C1)C(C)(C)C. The summed E-state index contributed by atoms with van der Waals surface area (Å²) in [6.45, 7) is 15.1. The number of nitrogens with zero attached hydrogens (tertiary/aromatic N) is 1. The van der Waals surface area contributed by atoms with E-state index >= 15 is 0 Å². The van der Waals surface area contributed by atoms with E-state index < -0.39 is 0 Å². The second kappa shape index (κ2) is 5.10. The molecule has 0 aromatic carbocycles. The highest BCUT2D eigenvalue weighted by Crippen LogP contribution is 2.38. The quantitative estimate of drug-likeness (QED) is 0.843. The maximum atomic E-state index is 6.14. The average molecular weight is 256 g/mol. The Kier molecular flexibility index (Phi) is 4.52. The van der Waals surface area contributed by atoms with Crippen molar-refractivity contribution in [3.8, 4) is 0 Å². The molecular weight excluding hydrogens is 224 g/mol. The summed E-state index contributed by atoms with van der Waals surface area (Å²) in [7, 11) is 2.23. The van der Waals surface area contributed by atoms with Gasteiger partial charge in [-0.3, -0.25) is 4.90 Å². The third kappa shape index (κ3) is 3.25.